The van der Waals surface area contributed by atoms with Gasteiger partial charge >= 0.3 is 0 Å². The van der Waals surface area contributed by atoms with E-state index >= 15 is 0 Å². The third-order valence-electron chi connectivity index (χ3n) is 12.9. The van der Waals surface area contributed by atoms with E-state index in [9.17, 15) is 0 Å². The zero-order chi connectivity index (χ0) is 34.2. The lowest BCUT2D eigenvalue weighted by molar-refractivity contribution is 0.398. The Morgan fingerprint density at radius 3 is 2.00 bits per heavy atom. The number of hydrogen-bond acceptors (Lipinski definition) is 4. The molecule has 4 nitrogen and oxygen atoms in total. The number of rotatable bonds is 4. The molecule has 4 aliphatic heterocycles. The normalized spacial score (nSPS) is 29.1. The molecule has 4 aromatic carbocycles. The topological polar surface area (TPSA) is 30.5 Å². The largest absolute Gasteiger partial charge is 0.380 e. The molecule has 0 amide bonds. The van der Waals surface area contributed by atoms with E-state index in [2.05, 4.69) is 172 Å². The van der Waals surface area contributed by atoms with Gasteiger partial charge < -0.3 is 20.4 Å². The summed E-state index contributed by atoms with van der Waals surface area (Å²) in [6, 6.07) is 40.3. The van der Waals surface area contributed by atoms with Gasteiger partial charge in [-0.25, -0.2) is 0 Å². The molecular formula is C48H44N4. The van der Waals surface area contributed by atoms with Crippen molar-refractivity contribution in [3.05, 3.63) is 197 Å². The summed E-state index contributed by atoms with van der Waals surface area (Å²) in [5, 5.41) is 7.77. The molecule has 7 atom stereocenters. The maximum atomic E-state index is 3.96. The first-order valence-corrected chi connectivity index (χ1v) is 19.4. The molecule has 4 aromatic rings. The highest BCUT2D eigenvalue weighted by atomic mass is 15.3. The Morgan fingerprint density at radius 1 is 0.558 bits per heavy atom. The number of allylic oxidation sites excluding steroid dienone is 7. The van der Waals surface area contributed by atoms with Crippen LogP contribution in [-0.2, 0) is 0 Å². The van der Waals surface area contributed by atoms with E-state index in [-0.39, 0.29) is 0 Å². The maximum absolute atomic E-state index is 3.96. The van der Waals surface area contributed by atoms with Crippen LogP contribution in [0, 0.1) is 0 Å². The summed E-state index contributed by atoms with van der Waals surface area (Å²) >= 11 is 0. The van der Waals surface area contributed by atoms with Crippen molar-refractivity contribution in [3.63, 3.8) is 0 Å². The smallest absolute Gasteiger partial charge is 0.0662 e. The van der Waals surface area contributed by atoms with Crippen LogP contribution in [0.5, 0.6) is 0 Å². The second kappa shape index (κ2) is 12.1. The van der Waals surface area contributed by atoms with Crippen LogP contribution in [-0.4, -0.2) is 30.2 Å². The minimum atomic E-state index is 0.294. The molecule has 7 unspecified atom stereocenters. The van der Waals surface area contributed by atoms with Gasteiger partial charge in [0.15, 0.2) is 0 Å². The number of nitrogens with one attached hydrogen (secondary N) is 2. The molecule has 0 bridgehead atoms. The number of para-hydroxylation sites is 2. The highest BCUT2D eigenvalue weighted by Crippen LogP contribution is 2.60. The monoisotopic (exact) mass is 676 g/mol. The Balaban J connectivity index is 0.968. The molecule has 256 valence electrons. The molecule has 1 saturated heterocycles. The van der Waals surface area contributed by atoms with Crippen LogP contribution in [0.3, 0.4) is 0 Å². The van der Waals surface area contributed by atoms with Crippen molar-refractivity contribution in [2.45, 2.75) is 74.1 Å². The van der Waals surface area contributed by atoms with Crippen LogP contribution < -0.4 is 20.4 Å². The molecule has 4 heterocycles. The number of fused-ring (bicyclic) bond motifs is 11. The highest BCUT2D eigenvalue weighted by Gasteiger charge is 2.57. The van der Waals surface area contributed by atoms with Crippen LogP contribution in [0.25, 0.3) is 5.70 Å². The van der Waals surface area contributed by atoms with E-state index in [1.807, 2.05) is 0 Å². The molecule has 3 aliphatic carbocycles. The zero-order valence-corrected chi connectivity index (χ0v) is 29.4. The van der Waals surface area contributed by atoms with E-state index in [1.165, 1.54) is 61.9 Å². The fourth-order valence-electron chi connectivity index (χ4n) is 10.8. The number of anilines is 2. The van der Waals surface area contributed by atoms with E-state index in [0.717, 1.165) is 32.1 Å². The lowest BCUT2D eigenvalue weighted by Gasteiger charge is -2.48. The van der Waals surface area contributed by atoms with Crippen LogP contribution in [0.15, 0.2) is 169 Å². The number of nitrogens with zero attached hydrogens (tertiary/aromatic N) is 2. The lowest BCUT2D eigenvalue weighted by atomic mass is 9.68. The summed E-state index contributed by atoms with van der Waals surface area (Å²) in [7, 11) is 0. The first kappa shape index (κ1) is 30.2. The first-order valence-electron chi connectivity index (χ1n) is 19.4. The third-order valence-corrected chi connectivity index (χ3v) is 12.9. The van der Waals surface area contributed by atoms with Crippen molar-refractivity contribution in [1.82, 2.24) is 10.6 Å². The van der Waals surface area contributed by atoms with E-state index in [4.69, 9.17) is 0 Å². The summed E-state index contributed by atoms with van der Waals surface area (Å²) in [6.45, 7) is 0. The fraction of sp³-hybridized carbons (Fsp3) is 0.250. The molecule has 0 aromatic heterocycles. The maximum Gasteiger partial charge on any atom is 0.0662 e. The average molecular weight is 677 g/mol. The molecule has 11 rings (SSSR count). The minimum absolute atomic E-state index is 0.294. The van der Waals surface area contributed by atoms with Gasteiger partial charge in [-0.05, 0) is 95.9 Å². The van der Waals surface area contributed by atoms with Gasteiger partial charge in [0.2, 0.25) is 0 Å². The van der Waals surface area contributed by atoms with Crippen molar-refractivity contribution in [1.29, 1.82) is 0 Å². The van der Waals surface area contributed by atoms with Gasteiger partial charge in [0.25, 0.3) is 0 Å². The lowest BCUT2D eigenvalue weighted by Crippen LogP contribution is -2.57. The summed E-state index contributed by atoms with van der Waals surface area (Å²) in [5.41, 5.74) is 15.6. The van der Waals surface area contributed by atoms with Crippen LogP contribution in [0.1, 0.15) is 71.8 Å². The van der Waals surface area contributed by atoms with Crippen molar-refractivity contribution < 1.29 is 0 Å². The molecule has 0 radical (unpaired) electrons. The second-order valence-electron chi connectivity index (χ2n) is 15.5. The number of dihydropyridines is 1. The highest BCUT2D eigenvalue weighted by molar-refractivity contribution is 5.77. The van der Waals surface area contributed by atoms with Gasteiger partial charge in [0.1, 0.15) is 0 Å². The van der Waals surface area contributed by atoms with Gasteiger partial charge in [0, 0.05) is 46.3 Å². The summed E-state index contributed by atoms with van der Waals surface area (Å²) in [4.78, 5) is 5.62. The summed E-state index contributed by atoms with van der Waals surface area (Å²) in [5.74, 6) is 0.643. The van der Waals surface area contributed by atoms with Gasteiger partial charge in [-0.1, -0.05) is 121 Å². The average Bonchev–Trinajstić information content (AvgIpc) is 3.75. The number of piperidine rings is 1. The Morgan fingerprint density at radius 2 is 1.25 bits per heavy atom. The molecule has 7 aliphatic rings. The van der Waals surface area contributed by atoms with Crippen LogP contribution >= 0.6 is 0 Å². The van der Waals surface area contributed by atoms with E-state index in [0.29, 0.717) is 42.0 Å². The Hall–Kier alpha value is -5.48. The number of hydrogen-bond donors (Lipinski definition) is 2. The summed E-state index contributed by atoms with van der Waals surface area (Å²) < 4.78 is 0. The molecule has 52 heavy (non-hydrogen) atoms. The fourth-order valence-corrected chi connectivity index (χ4v) is 10.8. The van der Waals surface area contributed by atoms with Gasteiger partial charge in [0.05, 0.1) is 24.2 Å². The van der Waals surface area contributed by atoms with Crippen LogP contribution in [0.2, 0.25) is 0 Å². The molecule has 4 heteroatoms. The SMILES string of the molecule is C1=CCC(N2c3ccccc3C3c4ccccc4C4c5ccccc5N(C5=CC=C(C6CCC7NC(c8ccccc8)=CC=C7N6)CC5)C4C32)C=C1. The predicted molar refractivity (Wildman–Crippen MR) is 213 cm³/mol. The van der Waals surface area contributed by atoms with Gasteiger partial charge in [-0.2, -0.15) is 0 Å². The molecular weight excluding hydrogens is 633 g/mol. The van der Waals surface area contributed by atoms with Crippen molar-refractivity contribution in [2.24, 2.45) is 0 Å². The Labute approximate surface area is 307 Å². The minimum Gasteiger partial charge on any atom is -0.380 e. The van der Waals surface area contributed by atoms with Gasteiger partial charge in [-0.3, -0.25) is 0 Å². The Kier molecular flexibility index (Phi) is 6.99. The summed E-state index contributed by atoms with van der Waals surface area (Å²) in [6.07, 6.45) is 24.2. The second-order valence-corrected chi connectivity index (χ2v) is 15.5. The Bertz CT molecular complexity index is 2250. The standard InChI is InChI=1S/C48H44N4/c1-3-13-31(14-4-1)39-27-29-42-41(49-39)30-28-40(50-42)32-23-25-34(26-24-32)52-44-22-12-10-20-38(44)46-36-18-8-7-17-35(36)45-37-19-9-11-21-43(37)51(47(45)48(46)52)33-15-5-2-6-16-33/h1-15,17-23,25,27,29,33,40-41,45-50H,16,24,26,28,30H2. The number of benzene rings is 4. The van der Waals surface area contributed by atoms with E-state index < -0.39 is 0 Å². The zero-order valence-electron chi connectivity index (χ0n) is 29.4. The van der Waals surface area contributed by atoms with E-state index in [1.54, 1.807) is 0 Å². The molecule has 0 saturated carbocycles. The molecule has 0 spiro atoms. The first-order chi connectivity index (χ1) is 25.8. The van der Waals surface area contributed by atoms with Crippen molar-refractivity contribution >= 4 is 17.1 Å². The van der Waals surface area contributed by atoms with Crippen molar-refractivity contribution in [2.75, 3.05) is 9.80 Å². The molecule has 1 fully saturated rings. The molecule has 2 N–H and O–H groups in total. The predicted octanol–water partition coefficient (Wildman–Crippen LogP) is 9.48. The third kappa shape index (κ3) is 4.59. The van der Waals surface area contributed by atoms with Crippen molar-refractivity contribution in [3.8, 4) is 0 Å². The van der Waals surface area contributed by atoms with Crippen LogP contribution in [0.4, 0.5) is 11.4 Å². The quantitative estimate of drug-likeness (QED) is 0.226. The van der Waals surface area contributed by atoms with Gasteiger partial charge in [-0.15, -0.1) is 0 Å².